The van der Waals surface area contributed by atoms with Crippen molar-refractivity contribution in [3.8, 4) is 0 Å². The van der Waals surface area contributed by atoms with Crippen LogP contribution in [0.25, 0.3) is 0 Å². The van der Waals surface area contributed by atoms with E-state index in [1.54, 1.807) is 0 Å². The topological polar surface area (TPSA) is 21.3 Å². The average Bonchev–Trinajstić information content (AvgIpc) is 2.39. The van der Waals surface area contributed by atoms with Crippen LogP contribution in [0.1, 0.15) is 37.0 Å². The molecule has 1 fully saturated rings. The van der Waals surface area contributed by atoms with E-state index in [1.807, 2.05) is 6.92 Å². The van der Waals surface area contributed by atoms with Crippen molar-refractivity contribution in [2.24, 2.45) is 0 Å². The van der Waals surface area contributed by atoms with Gasteiger partial charge in [0.1, 0.15) is 0 Å². The molecule has 20 heavy (non-hydrogen) atoms. The highest BCUT2D eigenvalue weighted by Gasteiger charge is 2.30. The Bertz CT molecular complexity index is 402. The van der Waals surface area contributed by atoms with Crippen molar-refractivity contribution in [3.05, 3.63) is 35.4 Å². The zero-order chi connectivity index (χ0) is 13.9. The van der Waals surface area contributed by atoms with Gasteiger partial charge in [0.25, 0.3) is 0 Å². The fourth-order valence-corrected chi connectivity index (χ4v) is 2.24. The highest BCUT2D eigenvalue weighted by molar-refractivity contribution is 5.85. The number of hydrogen-bond acceptors (Lipinski definition) is 2. The molecule has 0 bridgehead atoms. The molecule has 0 spiro atoms. The molecule has 1 aliphatic heterocycles. The molecule has 2 rings (SSSR count). The van der Waals surface area contributed by atoms with Crippen molar-refractivity contribution in [2.75, 3.05) is 13.1 Å². The monoisotopic (exact) mass is 309 g/mol. The highest BCUT2D eigenvalue weighted by atomic mass is 35.5. The quantitative estimate of drug-likeness (QED) is 0.912. The number of halogens is 4. The maximum absolute atomic E-state index is 12.5. The van der Waals surface area contributed by atoms with Crippen LogP contribution >= 0.6 is 12.4 Å². The van der Waals surface area contributed by atoms with E-state index in [0.29, 0.717) is 0 Å². The fourth-order valence-electron chi connectivity index (χ4n) is 2.24. The van der Waals surface area contributed by atoms with Crippen molar-refractivity contribution >= 4 is 12.4 Å². The zero-order valence-electron chi connectivity index (χ0n) is 11.2. The summed E-state index contributed by atoms with van der Waals surface area (Å²) in [6.45, 7) is 3.75. The van der Waals surface area contributed by atoms with Crippen LogP contribution in [0.15, 0.2) is 24.3 Å². The summed E-state index contributed by atoms with van der Waals surface area (Å²) < 4.78 is 43.2. The number of alkyl halides is 3. The van der Waals surface area contributed by atoms with Gasteiger partial charge >= 0.3 is 6.18 Å². The van der Waals surface area contributed by atoms with E-state index in [0.717, 1.165) is 43.6 Å². The number of ether oxygens (including phenoxy) is 1. The summed E-state index contributed by atoms with van der Waals surface area (Å²) in [5.41, 5.74) is 0.164. The molecule has 0 saturated carbocycles. The van der Waals surface area contributed by atoms with Gasteiger partial charge in [0.15, 0.2) is 0 Å². The van der Waals surface area contributed by atoms with Gasteiger partial charge in [0.05, 0.1) is 17.8 Å². The van der Waals surface area contributed by atoms with Crippen LogP contribution in [0, 0.1) is 0 Å². The van der Waals surface area contributed by atoms with E-state index in [9.17, 15) is 13.2 Å². The van der Waals surface area contributed by atoms with E-state index >= 15 is 0 Å². The van der Waals surface area contributed by atoms with Crippen molar-refractivity contribution in [1.29, 1.82) is 0 Å². The van der Waals surface area contributed by atoms with Crippen molar-refractivity contribution in [2.45, 2.75) is 38.1 Å². The van der Waals surface area contributed by atoms with Crippen LogP contribution < -0.4 is 5.32 Å². The molecule has 2 nitrogen and oxygen atoms in total. The van der Waals surface area contributed by atoms with Gasteiger partial charge in [-0.25, -0.2) is 0 Å². The number of piperidine rings is 1. The molecule has 0 radical (unpaired) electrons. The molecule has 1 N–H and O–H groups in total. The minimum absolute atomic E-state index is 0. The second-order valence-electron chi connectivity index (χ2n) is 4.85. The molecule has 1 aliphatic rings. The molecular formula is C14H19ClF3NO. The van der Waals surface area contributed by atoms with Gasteiger partial charge in [0.2, 0.25) is 0 Å². The number of benzene rings is 1. The lowest BCUT2D eigenvalue weighted by Crippen LogP contribution is -2.33. The van der Waals surface area contributed by atoms with E-state index < -0.39 is 11.7 Å². The third-order valence-corrected chi connectivity index (χ3v) is 3.39. The van der Waals surface area contributed by atoms with Gasteiger partial charge in [-0.3, -0.25) is 0 Å². The predicted molar refractivity (Wildman–Crippen MR) is 74.1 cm³/mol. The average molecular weight is 310 g/mol. The molecular weight excluding hydrogens is 291 g/mol. The Labute approximate surface area is 123 Å². The summed E-state index contributed by atoms with van der Waals surface area (Å²) in [4.78, 5) is 0. The summed E-state index contributed by atoms with van der Waals surface area (Å²) in [5.74, 6) is 0. The van der Waals surface area contributed by atoms with E-state index in [4.69, 9.17) is 4.74 Å². The molecule has 114 valence electrons. The Hall–Kier alpha value is -0.780. The highest BCUT2D eigenvalue weighted by Crippen LogP contribution is 2.30. The number of nitrogens with one attached hydrogen (secondary N) is 1. The predicted octanol–water partition coefficient (Wildman–Crippen LogP) is 3.96. The first-order valence-corrected chi connectivity index (χ1v) is 6.50. The normalized spacial score (nSPS) is 18.4. The minimum atomic E-state index is -4.28. The van der Waals surface area contributed by atoms with Crippen molar-refractivity contribution in [3.63, 3.8) is 0 Å². The first kappa shape index (κ1) is 17.3. The van der Waals surface area contributed by atoms with Crippen LogP contribution in [-0.2, 0) is 10.9 Å². The Morgan fingerprint density at radius 3 is 2.20 bits per heavy atom. The summed E-state index contributed by atoms with van der Waals surface area (Å²) in [5, 5.41) is 3.25. The maximum atomic E-state index is 12.5. The first-order chi connectivity index (χ1) is 8.97. The van der Waals surface area contributed by atoms with Gasteiger partial charge in [-0.2, -0.15) is 13.2 Å². The minimum Gasteiger partial charge on any atom is -0.370 e. The fraction of sp³-hybridized carbons (Fsp3) is 0.571. The molecule has 1 heterocycles. The van der Waals surface area contributed by atoms with E-state index in [1.165, 1.54) is 12.1 Å². The van der Waals surface area contributed by atoms with Gasteiger partial charge in [-0.15, -0.1) is 12.4 Å². The number of rotatable bonds is 3. The van der Waals surface area contributed by atoms with Gasteiger partial charge < -0.3 is 10.1 Å². The van der Waals surface area contributed by atoms with Crippen molar-refractivity contribution < 1.29 is 17.9 Å². The SMILES string of the molecule is CC(OC1CCNCC1)c1ccc(C(F)(F)F)cc1.Cl. The Kier molecular flexibility index (Phi) is 6.30. The molecule has 1 unspecified atom stereocenters. The van der Waals surface area contributed by atoms with Crippen molar-refractivity contribution in [1.82, 2.24) is 5.32 Å². The molecule has 1 saturated heterocycles. The Morgan fingerprint density at radius 1 is 1.15 bits per heavy atom. The maximum Gasteiger partial charge on any atom is 0.416 e. The molecule has 1 aromatic carbocycles. The summed E-state index contributed by atoms with van der Waals surface area (Å²) >= 11 is 0. The summed E-state index contributed by atoms with van der Waals surface area (Å²) in [6, 6.07) is 5.21. The molecule has 1 atom stereocenters. The van der Waals surface area contributed by atoms with Crippen LogP contribution in [0.3, 0.4) is 0 Å². The van der Waals surface area contributed by atoms with Crippen LogP contribution in [-0.4, -0.2) is 19.2 Å². The van der Waals surface area contributed by atoms with Gasteiger partial charge in [-0.1, -0.05) is 12.1 Å². The third kappa shape index (κ3) is 4.65. The lowest BCUT2D eigenvalue weighted by atomic mass is 10.1. The molecule has 6 heteroatoms. The molecule has 1 aromatic rings. The molecule has 0 aliphatic carbocycles. The summed E-state index contributed by atoms with van der Waals surface area (Å²) in [7, 11) is 0. The molecule has 0 aromatic heterocycles. The van der Waals surface area contributed by atoms with Gasteiger partial charge in [0, 0.05) is 0 Å². The van der Waals surface area contributed by atoms with Crippen LogP contribution in [0.4, 0.5) is 13.2 Å². The Morgan fingerprint density at radius 2 is 1.70 bits per heavy atom. The summed E-state index contributed by atoms with van der Waals surface area (Å²) in [6.07, 6.45) is -2.36. The smallest absolute Gasteiger partial charge is 0.370 e. The zero-order valence-corrected chi connectivity index (χ0v) is 12.1. The largest absolute Gasteiger partial charge is 0.416 e. The van der Waals surface area contributed by atoms with Crippen LogP contribution in [0.5, 0.6) is 0 Å². The number of hydrogen-bond donors (Lipinski definition) is 1. The standard InChI is InChI=1S/C14H18F3NO.ClH/c1-10(19-13-6-8-18-9-7-13)11-2-4-12(5-3-11)14(15,16)17;/h2-5,10,13,18H,6-9H2,1H3;1H. The van der Waals surface area contributed by atoms with Gasteiger partial charge in [-0.05, 0) is 50.6 Å². The second kappa shape index (κ2) is 7.29. The lowest BCUT2D eigenvalue weighted by molar-refractivity contribution is -0.137. The third-order valence-electron chi connectivity index (χ3n) is 3.39. The lowest BCUT2D eigenvalue weighted by Gasteiger charge is -2.26. The van der Waals surface area contributed by atoms with Crippen LogP contribution in [0.2, 0.25) is 0 Å². The van der Waals surface area contributed by atoms with E-state index in [-0.39, 0.29) is 24.6 Å². The van der Waals surface area contributed by atoms with E-state index in [2.05, 4.69) is 5.32 Å². The Balaban J connectivity index is 0.00000200. The first-order valence-electron chi connectivity index (χ1n) is 6.50. The second-order valence-corrected chi connectivity index (χ2v) is 4.85. The molecule has 0 amide bonds.